The molecule has 5 heteroatoms. The van der Waals surface area contributed by atoms with Crippen LogP contribution in [0.4, 0.5) is 0 Å². The fraction of sp³-hybridized carbons (Fsp3) is 0.375. The molecule has 0 fully saturated rings. The first kappa shape index (κ1) is 8.37. The second-order valence-electron chi connectivity index (χ2n) is 4.08. The second kappa shape index (κ2) is 2.63. The van der Waals surface area contributed by atoms with Gasteiger partial charge in [0.05, 0.1) is 12.5 Å². The Morgan fingerprint density at radius 2 is 2.00 bits per heavy atom. The highest BCUT2D eigenvalue weighted by Crippen LogP contribution is 2.03. The van der Waals surface area contributed by atoms with E-state index in [0.29, 0.717) is 0 Å². The molecule has 4 nitrogen and oxygen atoms in total. The van der Waals surface area contributed by atoms with Crippen LogP contribution in [0.5, 0.6) is 0 Å². The normalized spacial score (nSPS) is 12.2. The summed E-state index contributed by atoms with van der Waals surface area (Å²) in [6.07, 6.45) is 3.45. The van der Waals surface area contributed by atoms with Gasteiger partial charge in [-0.1, -0.05) is 19.6 Å². The summed E-state index contributed by atoms with van der Waals surface area (Å²) in [4.78, 5) is 15.8. The minimum atomic E-state index is -1.40. The molecule has 2 aromatic rings. The Kier molecular flexibility index (Phi) is 1.69. The first-order valence-electron chi connectivity index (χ1n) is 4.24. The zero-order chi connectivity index (χ0) is 9.47. The molecule has 1 N–H and O–H groups in total. The van der Waals surface area contributed by atoms with Crippen molar-refractivity contribution >= 4 is 24.7 Å². The average molecular weight is 192 g/mol. The van der Waals surface area contributed by atoms with Crippen LogP contribution < -0.4 is 5.45 Å². The van der Waals surface area contributed by atoms with Crippen LogP contribution in [-0.2, 0) is 0 Å². The number of nitrogens with zero attached hydrogens (tertiary/aromatic N) is 3. The molecule has 2 heterocycles. The zero-order valence-corrected chi connectivity index (χ0v) is 9.00. The Labute approximate surface area is 77.5 Å². The summed E-state index contributed by atoms with van der Waals surface area (Å²) < 4.78 is 0. The van der Waals surface area contributed by atoms with Crippen LogP contribution in [0.1, 0.15) is 0 Å². The van der Waals surface area contributed by atoms with E-state index in [0.717, 1.165) is 16.6 Å². The molecular formula is C8H12N4Si. The van der Waals surface area contributed by atoms with Gasteiger partial charge in [0.25, 0.3) is 0 Å². The summed E-state index contributed by atoms with van der Waals surface area (Å²) in [5, 5.41) is 0. The van der Waals surface area contributed by atoms with E-state index in [4.69, 9.17) is 0 Å². The van der Waals surface area contributed by atoms with Crippen LogP contribution in [-0.4, -0.2) is 28.0 Å². The predicted octanol–water partition coefficient (Wildman–Crippen LogP) is 0.898. The maximum absolute atomic E-state index is 4.41. The van der Waals surface area contributed by atoms with Gasteiger partial charge in [-0.25, -0.2) is 15.0 Å². The number of imidazole rings is 1. The summed E-state index contributed by atoms with van der Waals surface area (Å²) in [6, 6.07) is 0. The molecule has 0 aliphatic carbocycles. The summed E-state index contributed by atoms with van der Waals surface area (Å²) in [6.45, 7) is 6.67. The molecule has 0 aliphatic rings. The lowest BCUT2D eigenvalue weighted by Gasteiger charge is -2.12. The molecule has 0 unspecified atom stereocenters. The second-order valence-corrected chi connectivity index (χ2v) is 9.03. The third-order valence-corrected chi connectivity index (χ3v) is 3.43. The van der Waals surface area contributed by atoms with Crippen molar-refractivity contribution < 1.29 is 0 Å². The Morgan fingerprint density at radius 3 is 2.69 bits per heavy atom. The van der Waals surface area contributed by atoms with Crippen LogP contribution in [0.3, 0.4) is 0 Å². The molecule has 2 rings (SSSR count). The van der Waals surface area contributed by atoms with Gasteiger partial charge in [-0.15, -0.1) is 0 Å². The number of aromatic nitrogens is 4. The van der Waals surface area contributed by atoms with Crippen LogP contribution in [0.2, 0.25) is 19.6 Å². The van der Waals surface area contributed by atoms with Crippen LogP contribution >= 0.6 is 0 Å². The molecule has 0 saturated heterocycles. The third kappa shape index (κ3) is 1.46. The van der Waals surface area contributed by atoms with E-state index < -0.39 is 8.07 Å². The van der Waals surface area contributed by atoms with E-state index in [2.05, 4.69) is 39.6 Å². The number of rotatable bonds is 1. The maximum atomic E-state index is 4.41. The fourth-order valence-corrected chi connectivity index (χ4v) is 1.99. The Morgan fingerprint density at radius 1 is 1.23 bits per heavy atom. The molecule has 0 radical (unpaired) electrons. The molecule has 0 amide bonds. The largest absolute Gasteiger partial charge is 0.342 e. The van der Waals surface area contributed by atoms with Crippen LogP contribution in [0.15, 0.2) is 12.5 Å². The zero-order valence-electron chi connectivity index (χ0n) is 8.00. The molecule has 0 saturated carbocycles. The lowest BCUT2D eigenvalue weighted by Crippen LogP contribution is -2.42. The number of H-pyrrole nitrogens is 1. The number of fused-ring (bicyclic) bond motifs is 1. The minimum absolute atomic E-state index is 0.771. The van der Waals surface area contributed by atoms with Crippen molar-refractivity contribution in [1.29, 1.82) is 0 Å². The first-order valence-corrected chi connectivity index (χ1v) is 7.74. The topological polar surface area (TPSA) is 54.5 Å². The van der Waals surface area contributed by atoms with Gasteiger partial charge in [-0.3, -0.25) is 0 Å². The predicted molar refractivity (Wildman–Crippen MR) is 54.7 cm³/mol. The van der Waals surface area contributed by atoms with Crippen molar-refractivity contribution in [2.45, 2.75) is 19.6 Å². The molecule has 0 aliphatic heterocycles. The van der Waals surface area contributed by atoms with Gasteiger partial charge in [0.2, 0.25) is 0 Å². The van der Waals surface area contributed by atoms with Gasteiger partial charge >= 0.3 is 0 Å². The quantitative estimate of drug-likeness (QED) is 0.683. The molecule has 0 aromatic carbocycles. The van der Waals surface area contributed by atoms with E-state index in [1.165, 1.54) is 0 Å². The smallest absolute Gasteiger partial charge is 0.180 e. The molecule has 13 heavy (non-hydrogen) atoms. The molecule has 0 spiro atoms. The van der Waals surface area contributed by atoms with E-state index in [1.54, 1.807) is 6.33 Å². The maximum Gasteiger partial charge on any atom is 0.180 e. The fourth-order valence-electron chi connectivity index (χ4n) is 1.10. The van der Waals surface area contributed by atoms with Gasteiger partial charge in [-0.05, 0) is 0 Å². The van der Waals surface area contributed by atoms with E-state index >= 15 is 0 Å². The number of nitrogens with one attached hydrogen (secondary N) is 1. The van der Waals surface area contributed by atoms with Crippen molar-refractivity contribution in [3.63, 3.8) is 0 Å². The van der Waals surface area contributed by atoms with Gasteiger partial charge in [0.15, 0.2) is 5.65 Å². The van der Waals surface area contributed by atoms with Crippen molar-refractivity contribution in [3.8, 4) is 0 Å². The van der Waals surface area contributed by atoms with Crippen molar-refractivity contribution in [2.75, 3.05) is 0 Å². The summed E-state index contributed by atoms with van der Waals surface area (Å²) in [7, 11) is -1.40. The Bertz CT molecular complexity index is 429. The third-order valence-electron chi connectivity index (χ3n) is 1.85. The van der Waals surface area contributed by atoms with Crippen molar-refractivity contribution in [3.05, 3.63) is 12.5 Å². The van der Waals surface area contributed by atoms with E-state index in [9.17, 15) is 0 Å². The molecule has 2 aromatic heterocycles. The molecule has 0 bridgehead atoms. The lowest BCUT2D eigenvalue weighted by molar-refractivity contribution is 1.24. The van der Waals surface area contributed by atoms with Gasteiger partial charge in [0, 0.05) is 0 Å². The van der Waals surface area contributed by atoms with Crippen molar-refractivity contribution in [1.82, 2.24) is 19.9 Å². The highest BCUT2D eigenvalue weighted by Gasteiger charge is 2.20. The molecule has 0 atom stereocenters. The van der Waals surface area contributed by atoms with Gasteiger partial charge < -0.3 is 4.98 Å². The molecule has 68 valence electrons. The highest BCUT2D eigenvalue weighted by atomic mass is 28.3. The Hall–Kier alpha value is -1.23. The van der Waals surface area contributed by atoms with Crippen LogP contribution in [0.25, 0.3) is 11.2 Å². The van der Waals surface area contributed by atoms with Gasteiger partial charge in [0.1, 0.15) is 19.0 Å². The summed E-state index contributed by atoms with van der Waals surface area (Å²) >= 11 is 0. The first-order chi connectivity index (χ1) is 6.07. The van der Waals surface area contributed by atoms with Gasteiger partial charge in [-0.2, -0.15) is 0 Å². The minimum Gasteiger partial charge on any atom is -0.342 e. The van der Waals surface area contributed by atoms with Crippen molar-refractivity contribution in [2.24, 2.45) is 0 Å². The highest BCUT2D eigenvalue weighted by molar-refractivity contribution is 6.87. The molecular weight excluding hydrogens is 180 g/mol. The Balaban J connectivity index is 2.61. The SMILES string of the molecule is C[Si](C)(C)c1ncc2[nH]cnc2n1. The number of hydrogen-bond donors (Lipinski definition) is 1. The average Bonchev–Trinajstić information content (AvgIpc) is 2.47. The number of aromatic amines is 1. The monoisotopic (exact) mass is 192 g/mol. The summed E-state index contributed by atoms with van der Waals surface area (Å²) in [5.41, 5.74) is 2.64. The lowest BCUT2D eigenvalue weighted by atomic mass is 10.6. The van der Waals surface area contributed by atoms with E-state index in [1.807, 2.05) is 6.20 Å². The van der Waals surface area contributed by atoms with E-state index in [-0.39, 0.29) is 0 Å². The number of hydrogen-bond acceptors (Lipinski definition) is 3. The summed E-state index contributed by atoms with van der Waals surface area (Å²) in [5.74, 6) is 0. The van der Waals surface area contributed by atoms with Crippen LogP contribution in [0, 0.1) is 0 Å². The standard InChI is InChI=1S/C8H12N4Si/c1-13(2,3)8-9-4-6-7(12-8)11-5-10-6/h4-5H,1-3H3,(H,9,10,11,12).